The molecule has 3 rings (SSSR count). The Hall–Kier alpha value is -3.11. The van der Waals surface area contributed by atoms with E-state index in [2.05, 4.69) is 0 Å². The van der Waals surface area contributed by atoms with E-state index in [0.29, 0.717) is 11.1 Å². The average Bonchev–Trinajstić information content (AvgIpc) is 2.73. The van der Waals surface area contributed by atoms with Gasteiger partial charge < -0.3 is 4.90 Å². The number of carbonyl (C=O) groups excluding carboxylic acids is 1. The number of carbonyl (C=O) groups is 1. The van der Waals surface area contributed by atoms with Gasteiger partial charge in [-0.25, -0.2) is 12.8 Å². The summed E-state index contributed by atoms with van der Waals surface area (Å²) in [5.74, 6) is -0.641. The van der Waals surface area contributed by atoms with Gasteiger partial charge in [0.1, 0.15) is 5.82 Å². The minimum absolute atomic E-state index is 0.0839. The molecule has 10 heteroatoms. The highest BCUT2D eigenvalue weighted by atomic mass is 32.2. The van der Waals surface area contributed by atoms with Gasteiger partial charge in [0.2, 0.25) is 15.9 Å². The molecule has 0 unspecified atom stereocenters. The molecule has 1 heterocycles. The third-order valence-corrected chi connectivity index (χ3v) is 6.88. The number of hydrogen-bond acceptors (Lipinski definition) is 5. The van der Waals surface area contributed by atoms with Gasteiger partial charge in [-0.05, 0) is 36.3 Å². The molecule has 0 atom stereocenters. The second-order valence-electron chi connectivity index (χ2n) is 6.82. The van der Waals surface area contributed by atoms with Crippen LogP contribution in [0.15, 0.2) is 53.4 Å². The zero-order valence-electron chi connectivity index (χ0n) is 16.2. The highest BCUT2D eigenvalue weighted by molar-refractivity contribution is 7.89. The molecular formula is C20H20FN3O5S. The van der Waals surface area contributed by atoms with E-state index in [4.69, 9.17) is 0 Å². The van der Waals surface area contributed by atoms with Crippen LogP contribution in [-0.2, 0) is 14.8 Å². The molecule has 1 fully saturated rings. The summed E-state index contributed by atoms with van der Waals surface area (Å²) in [5, 5.41) is 11.0. The Morgan fingerprint density at radius 2 is 1.73 bits per heavy atom. The molecule has 0 aromatic heterocycles. The van der Waals surface area contributed by atoms with Crippen molar-refractivity contribution in [3.8, 4) is 0 Å². The summed E-state index contributed by atoms with van der Waals surface area (Å²) in [7, 11) is -3.92. The second-order valence-corrected chi connectivity index (χ2v) is 8.73. The maximum Gasteiger partial charge on any atom is 0.270 e. The molecule has 0 N–H and O–H groups in total. The molecule has 8 nitrogen and oxygen atoms in total. The topological polar surface area (TPSA) is 101 Å². The first-order valence-electron chi connectivity index (χ1n) is 9.16. The maximum absolute atomic E-state index is 13.0. The molecule has 2 aromatic carbocycles. The van der Waals surface area contributed by atoms with Crippen LogP contribution in [0.2, 0.25) is 0 Å². The summed E-state index contributed by atoms with van der Waals surface area (Å²) in [6.45, 7) is 2.14. The van der Waals surface area contributed by atoms with Crippen molar-refractivity contribution < 1.29 is 22.5 Å². The molecule has 0 bridgehead atoms. The van der Waals surface area contributed by atoms with Gasteiger partial charge in [0, 0.05) is 44.4 Å². The molecule has 1 saturated heterocycles. The Morgan fingerprint density at radius 1 is 1.10 bits per heavy atom. The first-order valence-corrected chi connectivity index (χ1v) is 10.6. The zero-order chi connectivity index (χ0) is 21.9. The Labute approximate surface area is 173 Å². The smallest absolute Gasteiger partial charge is 0.270 e. The third kappa shape index (κ3) is 4.71. The van der Waals surface area contributed by atoms with E-state index in [1.54, 1.807) is 25.1 Å². The normalized spacial score (nSPS) is 15.5. The van der Waals surface area contributed by atoms with Crippen LogP contribution in [-0.4, -0.2) is 54.6 Å². The van der Waals surface area contributed by atoms with Crippen molar-refractivity contribution in [1.29, 1.82) is 0 Å². The number of nitro benzene ring substituents is 1. The van der Waals surface area contributed by atoms with E-state index in [0.717, 1.165) is 6.07 Å². The van der Waals surface area contributed by atoms with Crippen LogP contribution in [0, 0.1) is 22.9 Å². The van der Waals surface area contributed by atoms with Crippen molar-refractivity contribution in [2.75, 3.05) is 26.2 Å². The van der Waals surface area contributed by atoms with E-state index < -0.39 is 14.9 Å². The maximum atomic E-state index is 13.0. The minimum atomic E-state index is -3.92. The molecule has 2 aromatic rings. The molecule has 158 valence electrons. The van der Waals surface area contributed by atoms with Gasteiger partial charge in [0.05, 0.1) is 9.82 Å². The molecule has 1 aliphatic rings. The van der Waals surface area contributed by atoms with E-state index in [1.807, 2.05) is 0 Å². The summed E-state index contributed by atoms with van der Waals surface area (Å²) in [6, 6.07) is 9.42. The van der Waals surface area contributed by atoms with Crippen LogP contribution in [0.5, 0.6) is 0 Å². The number of benzene rings is 2. The number of halogens is 1. The van der Waals surface area contributed by atoms with Gasteiger partial charge in [0.15, 0.2) is 0 Å². The molecule has 1 amide bonds. The lowest BCUT2D eigenvalue weighted by molar-refractivity contribution is -0.385. The van der Waals surface area contributed by atoms with Crippen molar-refractivity contribution in [3.63, 3.8) is 0 Å². The minimum Gasteiger partial charge on any atom is -0.337 e. The molecule has 0 saturated carbocycles. The number of rotatable bonds is 5. The monoisotopic (exact) mass is 433 g/mol. The number of non-ortho nitro benzene ring substituents is 1. The molecule has 1 aliphatic heterocycles. The van der Waals surface area contributed by atoms with Crippen LogP contribution in [0.25, 0.3) is 6.08 Å². The SMILES string of the molecule is Cc1ccc([N+](=O)[O-])cc1S(=O)(=O)N1CCN(C(=O)/C=C/c2ccc(F)cc2)CC1. The van der Waals surface area contributed by atoms with Crippen molar-refractivity contribution in [3.05, 3.63) is 75.6 Å². The summed E-state index contributed by atoms with van der Waals surface area (Å²) in [5.41, 5.74) is 0.798. The number of amides is 1. The van der Waals surface area contributed by atoms with Crippen LogP contribution in [0.1, 0.15) is 11.1 Å². The Balaban J connectivity index is 1.67. The standard InChI is InChI=1S/C20H20FN3O5S/c1-15-2-8-18(24(26)27)14-19(15)30(28,29)23-12-10-22(11-13-23)20(25)9-5-16-3-6-17(21)7-4-16/h2-9,14H,10-13H2,1H3/b9-5+. The van der Waals surface area contributed by atoms with Gasteiger partial charge in [-0.15, -0.1) is 0 Å². The predicted octanol–water partition coefficient (Wildman–Crippen LogP) is 2.59. The van der Waals surface area contributed by atoms with E-state index in [9.17, 15) is 27.7 Å². The van der Waals surface area contributed by atoms with Gasteiger partial charge in [-0.2, -0.15) is 4.31 Å². The number of nitro groups is 1. The van der Waals surface area contributed by atoms with E-state index in [-0.39, 0.29) is 48.5 Å². The Morgan fingerprint density at radius 3 is 2.33 bits per heavy atom. The first kappa shape index (κ1) is 21.6. The van der Waals surface area contributed by atoms with Crippen LogP contribution in [0.4, 0.5) is 10.1 Å². The third-order valence-electron chi connectivity index (χ3n) is 4.84. The summed E-state index contributed by atoms with van der Waals surface area (Å²) in [4.78, 5) is 24.1. The van der Waals surface area contributed by atoms with Gasteiger partial charge in [-0.1, -0.05) is 18.2 Å². The van der Waals surface area contributed by atoms with Gasteiger partial charge in [0.25, 0.3) is 5.69 Å². The van der Waals surface area contributed by atoms with Crippen LogP contribution in [0.3, 0.4) is 0 Å². The second kappa shape index (κ2) is 8.72. The molecular weight excluding hydrogens is 413 g/mol. The van der Waals surface area contributed by atoms with Crippen molar-refractivity contribution in [1.82, 2.24) is 9.21 Å². The van der Waals surface area contributed by atoms with Crippen molar-refractivity contribution in [2.24, 2.45) is 0 Å². The predicted molar refractivity (Wildman–Crippen MR) is 109 cm³/mol. The largest absolute Gasteiger partial charge is 0.337 e. The highest BCUT2D eigenvalue weighted by Crippen LogP contribution is 2.25. The van der Waals surface area contributed by atoms with Crippen molar-refractivity contribution >= 4 is 27.7 Å². The Bertz CT molecular complexity index is 1090. The summed E-state index contributed by atoms with van der Waals surface area (Å²) in [6.07, 6.45) is 2.93. The lowest BCUT2D eigenvalue weighted by atomic mass is 10.2. The number of piperazine rings is 1. The molecule has 0 radical (unpaired) electrons. The van der Waals surface area contributed by atoms with Crippen LogP contribution >= 0.6 is 0 Å². The summed E-state index contributed by atoms with van der Waals surface area (Å²) < 4.78 is 40.1. The summed E-state index contributed by atoms with van der Waals surface area (Å²) >= 11 is 0. The number of nitrogens with zero attached hydrogens (tertiary/aromatic N) is 3. The van der Waals surface area contributed by atoms with Gasteiger partial charge >= 0.3 is 0 Å². The van der Waals surface area contributed by atoms with Gasteiger partial charge in [-0.3, -0.25) is 14.9 Å². The number of hydrogen-bond donors (Lipinski definition) is 0. The number of sulfonamides is 1. The quantitative estimate of drug-likeness (QED) is 0.410. The lowest BCUT2D eigenvalue weighted by Gasteiger charge is -2.33. The van der Waals surface area contributed by atoms with E-state index >= 15 is 0 Å². The number of aryl methyl sites for hydroxylation is 1. The average molecular weight is 433 g/mol. The fourth-order valence-electron chi connectivity index (χ4n) is 3.11. The molecule has 30 heavy (non-hydrogen) atoms. The first-order chi connectivity index (χ1) is 14.2. The Kier molecular flexibility index (Phi) is 6.28. The fourth-order valence-corrected chi connectivity index (χ4v) is 4.78. The molecule has 0 aliphatic carbocycles. The van der Waals surface area contributed by atoms with Crippen molar-refractivity contribution in [2.45, 2.75) is 11.8 Å². The highest BCUT2D eigenvalue weighted by Gasteiger charge is 2.31. The fraction of sp³-hybridized carbons (Fsp3) is 0.250. The molecule has 0 spiro atoms. The lowest BCUT2D eigenvalue weighted by Crippen LogP contribution is -2.50. The zero-order valence-corrected chi connectivity index (χ0v) is 17.0. The van der Waals surface area contributed by atoms with E-state index in [1.165, 1.54) is 39.5 Å². The van der Waals surface area contributed by atoms with Crippen LogP contribution < -0.4 is 0 Å².